The van der Waals surface area contributed by atoms with Gasteiger partial charge in [-0.25, -0.2) is 4.98 Å². The maximum Gasteiger partial charge on any atom is 0.416 e. The van der Waals surface area contributed by atoms with E-state index in [-0.39, 0.29) is 28.8 Å². The Bertz CT molecular complexity index is 961. The van der Waals surface area contributed by atoms with Crippen molar-refractivity contribution in [3.63, 3.8) is 0 Å². The summed E-state index contributed by atoms with van der Waals surface area (Å²) in [4.78, 5) is 19.2. The van der Waals surface area contributed by atoms with Gasteiger partial charge in [0.15, 0.2) is 5.69 Å². The largest absolute Gasteiger partial charge is 0.441 e. The zero-order valence-corrected chi connectivity index (χ0v) is 17.0. The zero-order chi connectivity index (χ0) is 21.7. The predicted molar refractivity (Wildman–Crippen MR) is 101 cm³/mol. The highest BCUT2D eigenvalue weighted by Gasteiger charge is 2.48. The van der Waals surface area contributed by atoms with Crippen molar-refractivity contribution in [3.8, 4) is 11.5 Å². The van der Waals surface area contributed by atoms with Gasteiger partial charge >= 0.3 is 6.18 Å². The fourth-order valence-electron chi connectivity index (χ4n) is 4.15. The van der Waals surface area contributed by atoms with E-state index < -0.39 is 22.9 Å². The molecule has 0 radical (unpaired) electrons. The molecule has 2 saturated heterocycles. The highest BCUT2D eigenvalue weighted by atomic mass is 19.4. The second kappa shape index (κ2) is 7.09. The van der Waals surface area contributed by atoms with Gasteiger partial charge in [-0.2, -0.15) is 13.2 Å². The molecule has 4 rings (SSSR count). The molecular weight excluding hydrogens is 401 g/mol. The third kappa shape index (κ3) is 3.96. The number of benzene rings is 1. The third-order valence-electron chi connectivity index (χ3n) is 5.33. The lowest BCUT2D eigenvalue weighted by molar-refractivity contribution is -0.186. The Balaban J connectivity index is 1.62. The molecule has 162 valence electrons. The molecular formula is C21H23F3N2O4. The maximum atomic E-state index is 13.2. The van der Waals surface area contributed by atoms with Gasteiger partial charge in [-0.05, 0) is 39.0 Å². The van der Waals surface area contributed by atoms with E-state index in [0.29, 0.717) is 32.7 Å². The van der Waals surface area contributed by atoms with Gasteiger partial charge in [0.1, 0.15) is 11.4 Å². The first-order valence-electron chi connectivity index (χ1n) is 9.70. The molecule has 0 bridgehead atoms. The number of alkyl halides is 3. The van der Waals surface area contributed by atoms with Gasteiger partial charge in [0.2, 0.25) is 5.89 Å². The number of carbonyl (C=O) groups is 1. The van der Waals surface area contributed by atoms with Gasteiger partial charge in [0, 0.05) is 25.1 Å². The Morgan fingerprint density at radius 3 is 2.67 bits per heavy atom. The van der Waals surface area contributed by atoms with E-state index >= 15 is 0 Å². The molecule has 2 aliphatic heterocycles. The van der Waals surface area contributed by atoms with Crippen LogP contribution in [0.3, 0.4) is 0 Å². The topological polar surface area (TPSA) is 64.8 Å². The molecule has 0 aliphatic carbocycles. The molecule has 30 heavy (non-hydrogen) atoms. The number of aryl methyl sites for hydroxylation is 1. The lowest BCUT2D eigenvalue weighted by atomic mass is 9.94. The molecule has 1 unspecified atom stereocenters. The summed E-state index contributed by atoms with van der Waals surface area (Å²) in [7, 11) is 0. The number of oxazole rings is 1. The first-order chi connectivity index (χ1) is 14.0. The number of carbonyl (C=O) groups excluding carboxylic acids is 1. The second-order valence-corrected chi connectivity index (χ2v) is 8.51. The van der Waals surface area contributed by atoms with Gasteiger partial charge in [0.25, 0.3) is 5.91 Å². The molecule has 9 heteroatoms. The van der Waals surface area contributed by atoms with E-state index in [2.05, 4.69) is 4.98 Å². The Kier molecular flexibility index (Phi) is 4.93. The number of ether oxygens (including phenoxy) is 2. The molecule has 1 aromatic carbocycles. The van der Waals surface area contributed by atoms with Crippen molar-refractivity contribution >= 4 is 5.91 Å². The standard InChI is InChI=1S/C21H23F3N2O4/c1-13-16(25-17(29-13)14-5-4-6-15(9-14)21(22,23)24)18(27)26-10-19(2,3)30-20(11-26)7-8-28-12-20/h4-6,9H,7-8,10-12H2,1-3H3. The van der Waals surface area contributed by atoms with Crippen molar-refractivity contribution in [1.82, 2.24) is 9.88 Å². The number of aromatic nitrogens is 1. The first kappa shape index (κ1) is 20.9. The smallest absolute Gasteiger partial charge is 0.416 e. The van der Waals surface area contributed by atoms with Crippen LogP contribution < -0.4 is 0 Å². The van der Waals surface area contributed by atoms with E-state index in [1.54, 1.807) is 11.8 Å². The van der Waals surface area contributed by atoms with E-state index in [1.165, 1.54) is 12.1 Å². The maximum absolute atomic E-state index is 13.2. The van der Waals surface area contributed by atoms with Crippen LogP contribution in [0.5, 0.6) is 0 Å². The van der Waals surface area contributed by atoms with Crippen LogP contribution in [-0.4, -0.2) is 53.3 Å². The van der Waals surface area contributed by atoms with Crippen LogP contribution in [0.1, 0.15) is 42.1 Å². The third-order valence-corrected chi connectivity index (χ3v) is 5.33. The molecule has 0 saturated carbocycles. The molecule has 1 aromatic heterocycles. The minimum atomic E-state index is -4.48. The van der Waals surface area contributed by atoms with Crippen LogP contribution in [0.15, 0.2) is 28.7 Å². The van der Waals surface area contributed by atoms with Gasteiger partial charge in [-0.15, -0.1) is 0 Å². The number of hydrogen-bond acceptors (Lipinski definition) is 5. The highest BCUT2D eigenvalue weighted by Crippen LogP contribution is 2.36. The molecule has 1 amide bonds. The molecule has 0 N–H and O–H groups in total. The van der Waals surface area contributed by atoms with Gasteiger partial charge < -0.3 is 18.8 Å². The summed E-state index contributed by atoms with van der Waals surface area (Å²) in [5.41, 5.74) is -1.67. The van der Waals surface area contributed by atoms with Crippen molar-refractivity contribution < 1.29 is 31.9 Å². The van der Waals surface area contributed by atoms with E-state index in [0.717, 1.165) is 12.1 Å². The number of amides is 1. The van der Waals surface area contributed by atoms with Crippen LogP contribution in [0, 0.1) is 6.92 Å². The predicted octanol–water partition coefficient (Wildman–Crippen LogP) is 4.08. The van der Waals surface area contributed by atoms with E-state index in [1.807, 2.05) is 13.8 Å². The Hall–Kier alpha value is -2.39. The number of morpholine rings is 1. The van der Waals surface area contributed by atoms with Crippen LogP contribution in [0.25, 0.3) is 11.5 Å². The molecule has 6 nitrogen and oxygen atoms in total. The highest BCUT2D eigenvalue weighted by molar-refractivity contribution is 5.94. The summed E-state index contributed by atoms with van der Waals surface area (Å²) in [5.74, 6) is -0.0982. The number of hydrogen-bond donors (Lipinski definition) is 0. The van der Waals surface area contributed by atoms with Crippen molar-refractivity contribution in [1.29, 1.82) is 0 Å². The molecule has 3 heterocycles. The average Bonchev–Trinajstić information content (AvgIpc) is 3.25. The molecule has 2 aromatic rings. The Labute approximate surface area is 172 Å². The van der Waals surface area contributed by atoms with Crippen molar-refractivity contribution in [3.05, 3.63) is 41.3 Å². The Morgan fingerprint density at radius 1 is 1.23 bits per heavy atom. The summed E-state index contributed by atoms with van der Waals surface area (Å²) in [6, 6.07) is 4.69. The van der Waals surface area contributed by atoms with Crippen LogP contribution >= 0.6 is 0 Å². The normalized spacial score (nSPS) is 23.9. The van der Waals surface area contributed by atoms with Gasteiger partial charge in [-0.1, -0.05) is 6.07 Å². The minimum absolute atomic E-state index is 0.0200. The number of rotatable bonds is 2. The monoisotopic (exact) mass is 424 g/mol. The summed E-state index contributed by atoms with van der Waals surface area (Å²) < 4.78 is 56.4. The van der Waals surface area contributed by atoms with Crippen molar-refractivity contribution in [2.24, 2.45) is 0 Å². The quantitative estimate of drug-likeness (QED) is 0.727. The molecule has 2 aliphatic rings. The van der Waals surface area contributed by atoms with Crippen molar-refractivity contribution in [2.75, 3.05) is 26.3 Å². The fraction of sp³-hybridized carbons (Fsp3) is 0.524. The summed E-state index contributed by atoms with van der Waals surface area (Å²) >= 11 is 0. The molecule has 1 spiro atoms. The van der Waals surface area contributed by atoms with Gasteiger partial charge in [0.05, 0.1) is 24.3 Å². The van der Waals surface area contributed by atoms with E-state index in [9.17, 15) is 18.0 Å². The molecule has 1 atom stereocenters. The second-order valence-electron chi connectivity index (χ2n) is 8.51. The van der Waals surface area contributed by atoms with E-state index in [4.69, 9.17) is 13.9 Å². The zero-order valence-electron chi connectivity index (χ0n) is 17.0. The number of nitrogens with zero attached hydrogens (tertiary/aromatic N) is 2. The first-order valence-corrected chi connectivity index (χ1v) is 9.70. The van der Waals surface area contributed by atoms with Crippen LogP contribution in [-0.2, 0) is 15.7 Å². The minimum Gasteiger partial charge on any atom is -0.441 e. The van der Waals surface area contributed by atoms with Crippen molar-refractivity contribution in [2.45, 2.75) is 44.6 Å². The summed E-state index contributed by atoms with van der Waals surface area (Å²) in [5, 5.41) is 0. The SMILES string of the molecule is Cc1oc(-c2cccc(C(F)(F)F)c2)nc1C(=O)N1CC(C)(C)OC2(CCOC2)C1. The summed E-state index contributed by atoms with van der Waals surface area (Å²) in [6.07, 6.45) is -3.79. The summed E-state index contributed by atoms with van der Waals surface area (Å²) in [6.45, 7) is 7.11. The lowest BCUT2D eigenvalue weighted by Gasteiger charge is -2.47. The number of halogens is 3. The average molecular weight is 424 g/mol. The van der Waals surface area contributed by atoms with Crippen LogP contribution in [0.2, 0.25) is 0 Å². The Morgan fingerprint density at radius 2 is 2.00 bits per heavy atom. The fourth-order valence-corrected chi connectivity index (χ4v) is 4.15. The lowest BCUT2D eigenvalue weighted by Crippen LogP contribution is -2.61. The van der Waals surface area contributed by atoms with Gasteiger partial charge in [-0.3, -0.25) is 4.79 Å². The molecule has 2 fully saturated rings. The van der Waals surface area contributed by atoms with Crippen LogP contribution in [0.4, 0.5) is 13.2 Å².